The minimum atomic E-state index is -0.441. The predicted octanol–water partition coefficient (Wildman–Crippen LogP) is 1.67. The van der Waals surface area contributed by atoms with Crippen LogP contribution in [0, 0.1) is 5.41 Å². The number of thiazole rings is 1. The molecule has 0 atom stereocenters. The summed E-state index contributed by atoms with van der Waals surface area (Å²) >= 11 is 1.34. The van der Waals surface area contributed by atoms with E-state index in [9.17, 15) is 9.59 Å². The summed E-state index contributed by atoms with van der Waals surface area (Å²) in [5, 5.41) is 0. The Balaban J connectivity index is 2.58. The highest BCUT2D eigenvalue weighted by Crippen LogP contribution is 2.14. The van der Waals surface area contributed by atoms with Gasteiger partial charge in [-0.3, -0.25) is 9.59 Å². The van der Waals surface area contributed by atoms with Crippen LogP contribution in [0.2, 0.25) is 0 Å². The number of hydrogen-bond donors (Lipinski definition) is 0. The molecular weight excluding hydrogens is 282 g/mol. The molecule has 0 fully saturated rings. The van der Waals surface area contributed by atoms with Crippen molar-refractivity contribution in [3.8, 4) is 0 Å². The van der Waals surface area contributed by atoms with Gasteiger partial charge in [0.25, 0.3) is 5.56 Å². The van der Waals surface area contributed by atoms with Gasteiger partial charge in [-0.15, -0.1) is 11.3 Å². The van der Waals surface area contributed by atoms with Crippen molar-refractivity contribution in [2.45, 2.75) is 20.8 Å². The highest BCUT2D eigenvalue weighted by atomic mass is 32.1. The minimum absolute atomic E-state index is 0.0191. The molecule has 110 valence electrons. The molecule has 0 saturated heterocycles. The first kappa shape index (κ1) is 15.4. The smallest absolute Gasteiger partial charge is 0.268 e. The van der Waals surface area contributed by atoms with Gasteiger partial charge in [0.2, 0.25) is 0 Å². The van der Waals surface area contributed by atoms with E-state index in [4.69, 9.17) is 0 Å². The van der Waals surface area contributed by atoms with Gasteiger partial charge >= 0.3 is 0 Å². The van der Waals surface area contributed by atoms with Crippen LogP contribution in [-0.4, -0.2) is 10.4 Å². The molecule has 2 rings (SSSR count). The lowest BCUT2D eigenvalue weighted by Gasteiger charge is -2.12. The number of Topliss-reactive ketones (excluding diaryl/α,β-unsaturated/α-hetero) is 1. The van der Waals surface area contributed by atoms with Crippen molar-refractivity contribution in [1.82, 2.24) is 4.57 Å². The van der Waals surface area contributed by atoms with Crippen molar-refractivity contribution < 1.29 is 4.79 Å². The molecule has 1 aromatic heterocycles. The van der Waals surface area contributed by atoms with Crippen LogP contribution in [0.15, 0.2) is 35.1 Å². The zero-order valence-corrected chi connectivity index (χ0v) is 13.5. The summed E-state index contributed by atoms with van der Waals surface area (Å²) in [5.41, 5.74) is 0.463. The van der Waals surface area contributed by atoms with Gasteiger partial charge < -0.3 is 4.57 Å². The average Bonchev–Trinajstić information content (AvgIpc) is 2.67. The quantitative estimate of drug-likeness (QED) is 0.846. The third kappa shape index (κ3) is 3.58. The zero-order valence-electron chi connectivity index (χ0n) is 12.7. The minimum Gasteiger partial charge on any atom is -0.302 e. The van der Waals surface area contributed by atoms with Gasteiger partial charge in [0.15, 0.2) is 5.78 Å². The van der Waals surface area contributed by atoms with Crippen LogP contribution < -0.4 is 14.8 Å². The first-order valence-electron chi connectivity index (χ1n) is 6.78. The summed E-state index contributed by atoms with van der Waals surface area (Å²) in [6, 6.07) is 9.69. The zero-order chi connectivity index (χ0) is 15.6. The van der Waals surface area contributed by atoms with E-state index >= 15 is 0 Å². The average molecular weight is 301 g/mol. The van der Waals surface area contributed by atoms with Crippen LogP contribution >= 0.6 is 11.3 Å². The maximum absolute atomic E-state index is 12.2. The van der Waals surface area contributed by atoms with Gasteiger partial charge in [0.1, 0.15) is 4.66 Å². The second-order valence-electron chi connectivity index (χ2n) is 5.98. The van der Waals surface area contributed by atoms with Crippen LogP contribution in [0.4, 0.5) is 0 Å². The Hall–Kier alpha value is -1.94. The molecule has 0 aliphatic carbocycles. The van der Waals surface area contributed by atoms with Gasteiger partial charge in [-0.25, -0.2) is 0 Å². The van der Waals surface area contributed by atoms with Crippen LogP contribution in [-0.2, 0) is 11.8 Å². The van der Waals surface area contributed by atoms with Gasteiger partial charge in [-0.05, 0) is 11.6 Å². The highest BCUT2D eigenvalue weighted by molar-refractivity contribution is 7.07. The van der Waals surface area contributed by atoms with E-state index < -0.39 is 5.41 Å². The number of ketones is 1. The molecule has 0 unspecified atom stereocenters. The molecule has 0 bridgehead atoms. The fourth-order valence-corrected chi connectivity index (χ4v) is 2.77. The van der Waals surface area contributed by atoms with Gasteiger partial charge in [-0.2, -0.15) is 0 Å². The van der Waals surface area contributed by atoms with E-state index in [1.165, 1.54) is 15.9 Å². The third-order valence-electron chi connectivity index (χ3n) is 3.15. The van der Waals surface area contributed by atoms with E-state index in [0.29, 0.717) is 9.20 Å². The van der Waals surface area contributed by atoms with Gasteiger partial charge in [0, 0.05) is 18.5 Å². The molecule has 0 spiro atoms. The SMILES string of the molecule is Cn1c(=O)/c(=C/c2ccccc2)s/c1=C/C(=O)C(C)(C)C. The Morgan fingerprint density at radius 3 is 2.38 bits per heavy atom. The Bertz CT molecular complexity index is 820. The van der Waals surface area contributed by atoms with Crippen LogP contribution in [0.25, 0.3) is 12.2 Å². The molecule has 0 saturated carbocycles. The number of benzene rings is 1. The first-order chi connectivity index (χ1) is 9.79. The number of aromatic nitrogens is 1. The summed E-state index contributed by atoms with van der Waals surface area (Å²) in [7, 11) is 1.70. The summed E-state index contributed by atoms with van der Waals surface area (Å²) in [5.74, 6) is 0.0191. The topological polar surface area (TPSA) is 39.1 Å². The third-order valence-corrected chi connectivity index (χ3v) is 4.26. The second-order valence-corrected chi connectivity index (χ2v) is 7.04. The molecular formula is C17H19NO2S. The van der Waals surface area contributed by atoms with Crippen molar-refractivity contribution >= 4 is 29.3 Å². The predicted molar refractivity (Wildman–Crippen MR) is 87.7 cm³/mol. The molecule has 0 aliphatic rings. The monoisotopic (exact) mass is 301 g/mol. The van der Waals surface area contributed by atoms with Gasteiger partial charge in [-0.1, -0.05) is 51.1 Å². The maximum atomic E-state index is 12.2. The summed E-state index contributed by atoms with van der Waals surface area (Å²) in [4.78, 5) is 24.3. The number of rotatable bonds is 2. The van der Waals surface area contributed by atoms with E-state index in [0.717, 1.165) is 5.56 Å². The lowest BCUT2D eigenvalue weighted by Crippen LogP contribution is -2.30. The number of nitrogens with zero attached hydrogens (tertiary/aromatic N) is 1. The summed E-state index contributed by atoms with van der Waals surface area (Å²) in [6.45, 7) is 5.61. The molecule has 21 heavy (non-hydrogen) atoms. The van der Waals surface area contributed by atoms with Crippen molar-refractivity contribution in [3.63, 3.8) is 0 Å². The molecule has 1 aromatic carbocycles. The Labute approximate surface area is 127 Å². The van der Waals surface area contributed by atoms with Gasteiger partial charge in [0.05, 0.1) is 4.53 Å². The molecule has 4 heteroatoms. The summed E-state index contributed by atoms with van der Waals surface area (Å²) in [6.07, 6.45) is 3.42. The Morgan fingerprint density at radius 2 is 1.81 bits per heavy atom. The lowest BCUT2D eigenvalue weighted by atomic mass is 9.91. The fraction of sp³-hybridized carbons (Fsp3) is 0.294. The van der Waals surface area contributed by atoms with E-state index in [-0.39, 0.29) is 11.3 Å². The van der Waals surface area contributed by atoms with Crippen LogP contribution in [0.3, 0.4) is 0 Å². The van der Waals surface area contributed by atoms with Crippen LogP contribution in [0.5, 0.6) is 0 Å². The molecule has 0 aliphatic heterocycles. The Morgan fingerprint density at radius 1 is 1.19 bits per heavy atom. The largest absolute Gasteiger partial charge is 0.302 e. The molecule has 3 nitrogen and oxygen atoms in total. The van der Waals surface area contributed by atoms with Crippen molar-refractivity contribution in [2.24, 2.45) is 12.5 Å². The maximum Gasteiger partial charge on any atom is 0.268 e. The Kier molecular flexibility index (Phi) is 4.28. The first-order valence-corrected chi connectivity index (χ1v) is 7.59. The van der Waals surface area contributed by atoms with E-state index in [2.05, 4.69) is 0 Å². The number of hydrogen-bond acceptors (Lipinski definition) is 3. The second kappa shape index (κ2) is 5.82. The standard InChI is InChI=1S/C17H19NO2S/c1-17(2,3)14(19)11-15-18(4)16(20)13(21-15)10-12-8-6-5-7-9-12/h5-11H,1-4H3/b13-10-,15-11+. The van der Waals surface area contributed by atoms with Crippen molar-refractivity contribution in [3.05, 3.63) is 55.4 Å². The van der Waals surface area contributed by atoms with Crippen LogP contribution in [0.1, 0.15) is 26.3 Å². The lowest BCUT2D eigenvalue weighted by molar-refractivity contribution is -0.120. The number of carbonyl (C=O) groups excluding carboxylic acids is 1. The summed E-state index contributed by atoms with van der Waals surface area (Å²) < 4.78 is 2.85. The molecule has 2 aromatic rings. The fourth-order valence-electron chi connectivity index (χ4n) is 1.74. The normalized spacial score (nSPS) is 13.7. The molecule has 0 amide bonds. The van der Waals surface area contributed by atoms with Crippen molar-refractivity contribution in [1.29, 1.82) is 0 Å². The molecule has 0 N–H and O–H groups in total. The number of carbonyl (C=O) groups is 1. The van der Waals surface area contributed by atoms with E-state index in [1.807, 2.05) is 57.2 Å². The van der Waals surface area contributed by atoms with Crippen molar-refractivity contribution in [2.75, 3.05) is 0 Å². The highest BCUT2D eigenvalue weighted by Gasteiger charge is 2.19. The molecule has 0 radical (unpaired) electrons. The van der Waals surface area contributed by atoms with E-state index in [1.54, 1.807) is 13.1 Å². The molecule has 1 heterocycles.